The van der Waals surface area contributed by atoms with Gasteiger partial charge in [0.1, 0.15) is 17.1 Å². The van der Waals surface area contributed by atoms with Crippen molar-refractivity contribution in [3.8, 4) is 10.7 Å². The van der Waals surface area contributed by atoms with Crippen LogP contribution in [-0.4, -0.2) is 51.3 Å². The molecule has 1 amide bonds. The number of fused-ring (bicyclic) bond motifs is 2. The van der Waals surface area contributed by atoms with Crippen molar-refractivity contribution in [2.75, 3.05) is 36.4 Å². The average molecular weight is 640 g/mol. The molecule has 1 aliphatic rings. The van der Waals surface area contributed by atoms with Crippen LogP contribution in [0.4, 0.5) is 30.8 Å². The van der Waals surface area contributed by atoms with Crippen LogP contribution >= 0.6 is 21.6 Å². The van der Waals surface area contributed by atoms with E-state index in [2.05, 4.69) is 20.7 Å². The van der Waals surface area contributed by atoms with Crippen LogP contribution in [0, 0.1) is 0 Å². The van der Waals surface area contributed by atoms with Crippen LogP contribution < -0.4 is 21.1 Å². The molecule has 9 nitrogen and oxygen atoms in total. The summed E-state index contributed by atoms with van der Waals surface area (Å²) in [4.78, 5) is 32.3. The summed E-state index contributed by atoms with van der Waals surface area (Å²) in [7, 11) is -9.85. The van der Waals surface area contributed by atoms with Gasteiger partial charge in [-0.3, -0.25) is 9.59 Å². The Morgan fingerprint density at radius 1 is 1.05 bits per heavy atom. The van der Waals surface area contributed by atoms with E-state index in [9.17, 15) is 29.0 Å². The molecular formula is C27H26F5N7O2S2. The molecule has 0 saturated carbocycles. The van der Waals surface area contributed by atoms with E-state index < -0.39 is 21.0 Å². The lowest BCUT2D eigenvalue weighted by Crippen LogP contribution is -2.47. The third kappa shape index (κ3) is 5.69. The van der Waals surface area contributed by atoms with Crippen molar-refractivity contribution in [1.29, 1.82) is 0 Å². The zero-order chi connectivity index (χ0) is 30.6. The Kier molecular flexibility index (Phi) is 6.59. The first-order valence-corrected chi connectivity index (χ1v) is 16.1. The SMILES string of the molecule is CCc1c(N2CCNCC2)c(=O)n2nc(-c3cc4ccccc4s3)nc2n1CC(=O)Nc1ccc(S(F)(F)(F)(F)F)cc1. The lowest BCUT2D eigenvalue weighted by atomic mass is 10.2. The summed E-state index contributed by atoms with van der Waals surface area (Å²) >= 11 is 1.46. The number of halogens is 5. The smallest absolute Gasteiger partial charge is 0.310 e. The molecule has 5 aromatic rings. The maximum atomic E-state index is 13.9. The highest BCUT2D eigenvalue weighted by atomic mass is 32.5. The first-order chi connectivity index (χ1) is 20.2. The summed E-state index contributed by atoms with van der Waals surface area (Å²) in [5.41, 5.74) is 0.454. The second-order valence-electron chi connectivity index (χ2n) is 10.1. The minimum atomic E-state index is -9.85. The minimum Gasteiger partial charge on any atom is -0.363 e. The maximum absolute atomic E-state index is 13.9. The number of carbonyl (C=O) groups excluding carboxylic acids is 1. The molecule has 0 radical (unpaired) electrons. The van der Waals surface area contributed by atoms with Gasteiger partial charge in [0.25, 0.3) is 5.56 Å². The van der Waals surface area contributed by atoms with E-state index in [0.717, 1.165) is 27.1 Å². The molecule has 3 aromatic heterocycles. The van der Waals surface area contributed by atoms with Crippen molar-refractivity contribution < 1.29 is 24.2 Å². The molecule has 16 heteroatoms. The summed E-state index contributed by atoms with van der Waals surface area (Å²) in [6.07, 6.45) is 0.363. The molecule has 0 bridgehead atoms. The molecule has 228 valence electrons. The molecule has 0 spiro atoms. The first kappa shape index (κ1) is 29.1. The summed E-state index contributed by atoms with van der Waals surface area (Å²) < 4.78 is 69.4. The Labute approximate surface area is 245 Å². The van der Waals surface area contributed by atoms with Gasteiger partial charge in [-0.2, -0.15) is 9.50 Å². The van der Waals surface area contributed by atoms with E-state index in [0.29, 0.717) is 49.8 Å². The highest BCUT2D eigenvalue weighted by Gasteiger charge is 2.65. The van der Waals surface area contributed by atoms with Crippen molar-refractivity contribution >= 4 is 54.7 Å². The summed E-state index contributed by atoms with van der Waals surface area (Å²) in [5, 5.41) is 11.2. The van der Waals surface area contributed by atoms with Crippen LogP contribution in [0.3, 0.4) is 0 Å². The van der Waals surface area contributed by atoms with Crippen LogP contribution in [0.15, 0.2) is 64.3 Å². The monoisotopic (exact) mass is 639 g/mol. The Morgan fingerprint density at radius 2 is 1.74 bits per heavy atom. The molecule has 1 aliphatic heterocycles. The Hall–Kier alpha value is -4.02. The minimum absolute atomic E-state index is 0.0968. The highest BCUT2D eigenvalue weighted by molar-refractivity contribution is 8.45. The number of nitrogens with zero attached hydrogens (tertiary/aromatic N) is 5. The fraction of sp³-hybridized carbons (Fsp3) is 0.259. The topological polar surface area (TPSA) is 96.6 Å². The van der Waals surface area contributed by atoms with Gasteiger partial charge < -0.3 is 20.1 Å². The van der Waals surface area contributed by atoms with E-state index in [1.54, 1.807) is 4.57 Å². The van der Waals surface area contributed by atoms with Crippen molar-refractivity contribution in [3.05, 3.63) is 70.6 Å². The molecule has 0 unspecified atom stereocenters. The van der Waals surface area contributed by atoms with Gasteiger partial charge in [-0.15, -0.1) is 16.4 Å². The average Bonchev–Trinajstić information content (AvgIpc) is 3.59. The van der Waals surface area contributed by atoms with Gasteiger partial charge in [0.2, 0.25) is 11.7 Å². The predicted octanol–water partition coefficient (Wildman–Crippen LogP) is 6.04. The van der Waals surface area contributed by atoms with Crippen LogP contribution in [-0.2, 0) is 17.8 Å². The zero-order valence-corrected chi connectivity index (χ0v) is 24.3. The highest BCUT2D eigenvalue weighted by Crippen LogP contribution is 3.02. The summed E-state index contributed by atoms with van der Waals surface area (Å²) in [6, 6.07) is 11.7. The molecule has 1 fully saturated rings. The largest absolute Gasteiger partial charge is 0.363 e. The van der Waals surface area contributed by atoms with Gasteiger partial charge in [-0.1, -0.05) is 44.6 Å². The lowest BCUT2D eigenvalue weighted by Gasteiger charge is -2.40. The first-order valence-electron chi connectivity index (χ1n) is 13.3. The number of nitrogens with one attached hydrogen (secondary N) is 2. The van der Waals surface area contributed by atoms with E-state index in [-0.39, 0.29) is 35.7 Å². The lowest BCUT2D eigenvalue weighted by molar-refractivity contribution is -0.116. The van der Waals surface area contributed by atoms with Crippen molar-refractivity contribution in [1.82, 2.24) is 24.5 Å². The van der Waals surface area contributed by atoms with Crippen LogP contribution in [0.25, 0.3) is 26.6 Å². The van der Waals surface area contributed by atoms with Crippen LogP contribution in [0.5, 0.6) is 0 Å². The number of hydrogen-bond acceptors (Lipinski definition) is 7. The van der Waals surface area contributed by atoms with E-state index in [1.165, 1.54) is 15.9 Å². The molecule has 0 atom stereocenters. The number of carbonyl (C=O) groups is 1. The normalized spacial score (nSPS) is 15.9. The zero-order valence-electron chi connectivity index (χ0n) is 22.7. The standard InChI is InChI=1S/C27H26F5N7O2S2/c1-2-20-24(37-13-11-33-12-14-37)26(41)39-27(35-25(36-39)22-15-17-5-3-4-6-21(17)42-22)38(20)16-23(40)34-18-7-9-19(10-8-18)43(28,29,30,31)32/h3-10,15,33H,2,11-14,16H2,1H3,(H,34,40). The maximum Gasteiger partial charge on any atom is 0.310 e. The molecule has 43 heavy (non-hydrogen) atoms. The number of anilines is 2. The number of thiophene rings is 1. The molecule has 2 N–H and O–H groups in total. The van der Waals surface area contributed by atoms with Crippen molar-refractivity contribution in [3.63, 3.8) is 0 Å². The van der Waals surface area contributed by atoms with Gasteiger partial charge in [0.05, 0.1) is 10.6 Å². The van der Waals surface area contributed by atoms with Crippen molar-refractivity contribution in [2.24, 2.45) is 0 Å². The number of hydrogen-bond donors (Lipinski definition) is 2. The Balaban J connectivity index is 1.42. The predicted molar refractivity (Wildman–Crippen MR) is 159 cm³/mol. The van der Waals surface area contributed by atoms with Crippen LogP contribution in [0.2, 0.25) is 0 Å². The number of rotatable bonds is 7. The molecule has 0 aliphatic carbocycles. The Morgan fingerprint density at radius 3 is 2.40 bits per heavy atom. The van der Waals surface area contributed by atoms with Gasteiger partial charge >= 0.3 is 10.2 Å². The van der Waals surface area contributed by atoms with Gasteiger partial charge in [-0.25, -0.2) is 0 Å². The van der Waals surface area contributed by atoms with Crippen LogP contribution in [0.1, 0.15) is 12.6 Å². The fourth-order valence-corrected chi connectivity index (χ4v) is 6.80. The fourth-order valence-electron chi connectivity index (χ4n) is 5.15. The van der Waals surface area contributed by atoms with Gasteiger partial charge in [0, 0.05) is 36.6 Å². The molecule has 1 saturated heterocycles. The Bertz CT molecular complexity index is 1900. The molecule has 6 rings (SSSR count). The molecule has 4 heterocycles. The van der Waals surface area contributed by atoms with Crippen molar-refractivity contribution in [2.45, 2.75) is 24.8 Å². The van der Waals surface area contributed by atoms with E-state index in [1.807, 2.05) is 42.2 Å². The second kappa shape index (κ2) is 9.75. The van der Waals surface area contributed by atoms with E-state index >= 15 is 0 Å². The number of aromatic nitrogens is 4. The summed E-state index contributed by atoms with van der Waals surface area (Å²) in [6.45, 7) is 3.89. The second-order valence-corrected chi connectivity index (χ2v) is 13.6. The third-order valence-electron chi connectivity index (χ3n) is 7.12. The molecular weight excluding hydrogens is 613 g/mol. The van der Waals surface area contributed by atoms with Gasteiger partial charge in [-0.05, 0) is 48.2 Å². The molecule has 2 aromatic carbocycles. The van der Waals surface area contributed by atoms with Gasteiger partial charge in [0.15, 0.2) is 5.82 Å². The number of amides is 1. The quantitative estimate of drug-likeness (QED) is 0.211. The summed E-state index contributed by atoms with van der Waals surface area (Å²) in [5.74, 6) is -0.226. The number of benzene rings is 2. The number of piperazine rings is 1. The van der Waals surface area contributed by atoms with E-state index in [4.69, 9.17) is 0 Å². The third-order valence-corrected chi connectivity index (χ3v) is 9.40.